The lowest BCUT2D eigenvalue weighted by atomic mass is 9.94. The van der Waals surface area contributed by atoms with Gasteiger partial charge < -0.3 is 15.0 Å². The summed E-state index contributed by atoms with van der Waals surface area (Å²) < 4.78 is 5.39. The Morgan fingerprint density at radius 1 is 1.21 bits per heavy atom. The van der Waals surface area contributed by atoms with Gasteiger partial charge in [-0.3, -0.25) is 4.79 Å². The number of carbonyl (C=O) groups is 1. The van der Waals surface area contributed by atoms with Crippen LogP contribution < -0.4 is 10.1 Å². The van der Waals surface area contributed by atoms with Crippen LogP contribution in [0.15, 0.2) is 36.4 Å². The number of fused-ring (bicyclic) bond motifs is 5. The van der Waals surface area contributed by atoms with Crippen molar-refractivity contribution in [3.63, 3.8) is 0 Å². The number of piperidine rings is 1. The van der Waals surface area contributed by atoms with E-state index in [0.717, 1.165) is 41.0 Å². The molecule has 2 aromatic carbocycles. The quantitative estimate of drug-likeness (QED) is 0.943. The normalized spacial score (nSPS) is 26.1. The molecule has 0 radical (unpaired) electrons. The summed E-state index contributed by atoms with van der Waals surface area (Å²) >= 11 is 0. The third-order valence-electron chi connectivity index (χ3n) is 5.46. The maximum absolute atomic E-state index is 12.7. The smallest absolute Gasteiger partial charge is 0.251 e. The number of benzene rings is 2. The average molecular weight is 324 g/mol. The molecule has 3 aliphatic rings. The Morgan fingerprint density at radius 3 is 2.83 bits per heavy atom. The summed E-state index contributed by atoms with van der Waals surface area (Å²) in [7, 11) is 1.67. The number of nitrogens with one attached hydrogen (secondary N) is 1. The molecule has 4 heteroatoms. The molecule has 1 unspecified atom stereocenters. The molecule has 0 aromatic heterocycles. The van der Waals surface area contributed by atoms with E-state index in [2.05, 4.69) is 10.2 Å². The van der Waals surface area contributed by atoms with E-state index in [1.807, 2.05) is 36.4 Å². The number of methoxy groups -OCH3 is 1. The van der Waals surface area contributed by atoms with Crippen LogP contribution in [0.4, 0.5) is 0 Å². The number of hydrogen-bond donors (Lipinski definition) is 1. The lowest BCUT2D eigenvalue weighted by molar-refractivity contribution is 0.0929. The molecule has 3 heterocycles. The molecular formula is C20H24N2O2. The summed E-state index contributed by atoms with van der Waals surface area (Å²) in [6, 6.07) is 12.0. The van der Waals surface area contributed by atoms with Gasteiger partial charge in [0.25, 0.3) is 5.91 Å². The van der Waals surface area contributed by atoms with E-state index in [1.54, 1.807) is 7.11 Å². The van der Waals surface area contributed by atoms with Crippen molar-refractivity contribution in [3.8, 4) is 5.75 Å². The van der Waals surface area contributed by atoms with Crippen LogP contribution in [0.25, 0.3) is 10.8 Å². The molecule has 3 saturated heterocycles. The van der Waals surface area contributed by atoms with E-state index >= 15 is 0 Å². The van der Waals surface area contributed by atoms with Gasteiger partial charge in [0.2, 0.25) is 0 Å². The van der Waals surface area contributed by atoms with Gasteiger partial charge in [-0.25, -0.2) is 0 Å². The summed E-state index contributed by atoms with van der Waals surface area (Å²) in [5.74, 6) is 1.65. The van der Waals surface area contributed by atoms with Crippen LogP contribution in [-0.4, -0.2) is 43.6 Å². The molecule has 1 amide bonds. The highest BCUT2D eigenvalue weighted by atomic mass is 16.5. The van der Waals surface area contributed by atoms with Gasteiger partial charge in [0.15, 0.2) is 0 Å². The lowest BCUT2D eigenvalue weighted by Gasteiger charge is -2.26. The van der Waals surface area contributed by atoms with Gasteiger partial charge in [0.05, 0.1) is 7.11 Å². The Bertz CT molecular complexity index is 736. The molecule has 5 rings (SSSR count). The van der Waals surface area contributed by atoms with E-state index in [4.69, 9.17) is 4.74 Å². The molecule has 1 N–H and O–H groups in total. The highest BCUT2D eigenvalue weighted by molar-refractivity contribution is 6.00. The van der Waals surface area contributed by atoms with Gasteiger partial charge in [0.1, 0.15) is 5.75 Å². The second-order valence-electron chi connectivity index (χ2n) is 7.05. The summed E-state index contributed by atoms with van der Waals surface area (Å²) in [4.78, 5) is 15.2. The molecule has 24 heavy (non-hydrogen) atoms. The Kier molecular flexibility index (Phi) is 4.15. The fraction of sp³-hybridized carbons (Fsp3) is 0.450. The van der Waals surface area contributed by atoms with Crippen molar-refractivity contribution in [1.29, 1.82) is 0 Å². The largest absolute Gasteiger partial charge is 0.496 e. The van der Waals surface area contributed by atoms with Crippen molar-refractivity contribution in [1.82, 2.24) is 10.2 Å². The van der Waals surface area contributed by atoms with Crippen molar-refractivity contribution in [3.05, 3.63) is 42.0 Å². The van der Waals surface area contributed by atoms with Gasteiger partial charge >= 0.3 is 0 Å². The van der Waals surface area contributed by atoms with Crippen molar-refractivity contribution in [2.45, 2.75) is 25.3 Å². The van der Waals surface area contributed by atoms with E-state index in [9.17, 15) is 4.79 Å². The second-order valence-corrected chi connectivity index (χ2v) is 7.05. The molecule has 0 saturated carbocycles. The average Bonchev–Trinajstić information content (AvgIpc) is 2.93. The third-order valence-corrected chi connectivity index (χ3v) is 5.46. The standard InChI is InChI=1S/C20H24N2O2/c1-24-19-4-2-3-15-12-16(5-6-18(15)19)20(23)21-17-11-14-7-9-22(13-17)10-8-14/h2-6,12,14,17H,7-11,13H2,1H3,(H,21,23). The predicted molar refractivity (Wildman–Crippen MR) is 95.5 cm³/mol. The van der Waals surface area contributed by atoms with Crippen molar-refractivity contribution < 1.29 is 9.53 Å². The zero-order valence-corrected chi connectivity index (χ0v) is 14.1. The first-order valence-electron chi connectivity index (χ1n) is 8.83. The SMILES string of the molecule is COc1cccc2cc(C(=O)NC3CC4CCN(CC4)C3)ccc12. The van der Waals surface area contributed by atoms with Gasteiger partial charge in [-0.05, 0) is 67.9 Å². The molecule has 4 nitrogen and oxygen atoms in total. The lowest BCUT2D eigenvalue weighted by Crippen LogP contribution is -2.41. The molecule has 3 aliphatic heterocycles. The highest BCUT2D eigenvalue weighted by Gasteiger charge is 2.29. The van der Waals surface area contributed by atoms with Crippen LogP contribution in [0.1, 0.15) is 29.6 Å². The van der Waals surface area contributed by atoms with E-state index in [1.165, 1.54) is 25.9 Å². The van der Waals surface area contributed by atoms with Crippen LogP contribution in [0.5, 0.6) is 5.75 Å². The minimum atomic E-state index is 0.0345. The first kappa shape index (κ1) is 15.5. The molecule has 2 bridgehead atoms. The molecule has 1 atom stereocenters. The van der Waals surface area contributed by atoms with E-state index < -0.39 is 0 Å². The van der Waals surface area contributed by atoms with Gasteiger partial charge in [0, 0.05) is 23.5 Å². The van der Waals surface area contributed by atoms with Crippen LogP contribution in [0.3, 0.4) is 0 Å². The van der Waals surface area contributed by atoms with Crippen LogP contribution >= 0.6 is 0 Å². The number of carbonyl (C=O) groups excluding carboxylic acids is 1. The minimum Gasteiger partial charge on any atom is -0.496 e. The van der Waals surface area contributed by atoms with Crippen LogP contribution in [-0.2, 0) is 0 Å². The summed E-state index contributed by atoms with van der Waals surface area (Å²) in [5.41, 5.74) is 0.724. The predicted octanol–water partition coefficient (Wildman–Crippen LogP) is 3.06. The fourth-order valence-electron chi connectivity index (χ4n) is 4.14. The maximum atomic E-state index is 12.7. The Hall–Kier alpha value is -2.07. The zero-order valence-electron chi connectivity index (χ0n) is 14.1. The first-order chi connectivity index (χ1) is 11.7. The number of hydrogen-bond acceptors (Lipinski definition) is 3. The Morgan fingerprint density at radius 2 is 2.04 bits per heavy atom. The molecule has 0 aliphatic carbocycles. The summed E-state index contributed by atoms with van der Waals surface area (Å²) in [6.07, 6.45) is 3.67. The van der Waals surface area contributed by atoms with E-state index in [-0.39, 0.29) is 11.9 Å². The number of ether oxygens (including phenoxy) is 1. The van der Waals surface area contributed by atoms with Gasteiger partial charge in [-0.15, -0.1) is 0 Å². The number of nitrogens with zero attached hydrogens (tertiary/aromatic N) is 1. The Labute approximate surface area is 142 Å². The molecule has 126 valence electrons. The van der Waals surface area contributed by atoms with Gasteiger partial charge in [-0.1, -0.05) is 12.1 Å². The molecule has 3 fully saturated rings. The summed E-state index contributed by atoms with van der Waals surface area (Å²) in [5, 5.41) is 5.33. The van der Waals surface area contributed by atoms with E-state index in [0.29, 0.717) is 0 Å². The monoisotopic (exact) mass is 324 g/mol. The second kappa shape index (κ2) is 6.44. The fourth-order valence-corrected chi connectivity index (χ4v) is 4.14. The molecular weight excluding hydrogens is 300 g/mol. The van der Waals surface area contributed by atoms with Crippen LogP contribution in [0.2, 0.25) is 0 Å². The van der Waals surface area contributed by atoms with Crippen molar-refractivity contribution >= 4 is 16.7 Å². The maximum Gasteiger partial charge on any atom is 0.251 e. The minimum absolute atomic E-state index is 0.0345. The molecule has 2 aromatic rings. The summed E-state index contributed by atoms with van der Waals surface area (Å²) in [6.45, 7) is 3.36. The number of rotatable bonds is 3. The van der Waals surface area contributed by atoms with Crippen molar-refractivity contribution in [2.75, 3.05) is 26.7 Å². The Balaban J connectivity index is 1.53. The zero-order chi connectivity index (χ0) is 16.5. The molecule has 0 spiro atoms. The number of amides is 1. The van der Waals surface area contributed by atoms with Crippen molar-refractivity contribution in [2.24, 2.45) is 5.92 Å². The topological polar surface area (TPSA) is 41.6 Å². The first-order valence-corrected chi connectivity index (χ1v) is 8.83. The van der Waals surface area contributed by atoms with Crippen LogP contribution in [0, 0.1) is 5.92 Å². The highest BCUT2D eigenvalue weighted by Crippen LogP contribution is 2.28. The van der Waals surface area contributed by atoms with Gasteiger partial charge in [-0.2, -0.15) is 0 Å². The third kappa shape index (κ3) is 2.98.